The maximum Gasteiger partial charge on any atom is 0.320 e. The van der Waals surface area contributed by atoms with Gasteiger partial charge in [-0.25, -0.2) is 28.2 Å². The molecule has 0 aromatic rings. The Hall–Kier alpha value is -2.46. The molecule has 0 spiro atoms. The summed E-state index contributed by atoms with van der Waals surface area (Å²) in [5.41, 5.74) is 5.69. The third-order valence-corrected chi connectivity index (χ3v) is 4.87. The Morgan fingerprint density at radius 1 is 1.00 bits per heavy atom. The fraction of sp³-hybridized carbons (Fsp3) is 0.789. The van der Waals surface area contributed by atoms with Crippen molar-refractivity contribution < 1.29 is 4.79 Å². The number of nitrogens with zero attached hydrogens (tertiary/aromatic N) is 7. The number of carbonyl (C=O) groups excluding carboxylic acids is 1. The van der Waals surface area contributed by atoms with Crippen molar-refractivity contribution in [1.82, 2.24) is 30.2 Å². The zero-order valence-corrected chi connectivity index (χ0v) is 17.7. The number of hydrogen-bond donors (Lipinski definition) is 3. The molecule has 2 amide bonds. The highest BCUT2D eigenvalue weighted by Gasteiger charge is 2.28. The van der Waals surface area contributed by atoms with Gasteiger partial charge in [0.15, 0.2) is 0 Å². The van der Waals surface area contributed by atoms with Gasteiger partial charge in [0, 0.05) is 78.5 Å². The zero-order chi connectivity index (χ0) is 22.0. The van der Waals surface area contributed by atoms with Crippen LogP contribution in [-0.4, -0.2) is 124 Å². The van der Waals surface area contributed by atoms with Gasteiger partial charge in [-0.05, 0) is 0 Å². The van der Waals surface area contributed by atoms with Gasteiger partial charge in [0.1, 0.15) is 0 Å². The fourth-order valence-electron chi connectivity index (χ4n) is 3.20. The molecule has 30 heavy (non-hydrogen) atoms. The van der Waals surface area contributed by atoms with Crippen molar-refractivity contribution in [2.75, 3.05) is 98.4 Å². The Balaban J connectivity index is 2.37. The van der Waals surface area contributed by atoms with E-state index >= 15 is 0 Å². The van der Waals surface area contributed by atoms with Crippen LogP contribution in [0.25, 0.3) is 9.69 Å². The molecule has 1 saturated heterocycles. The molecule has 0 aromatic heterocycles. The summed E-state index contributed by atoms with van der Waals surface area (Å²) in [4.78, 5) is 27.3. The van der Waals surface area contributed by atoms with E-state index in [2.05, 4.69) is 31.3 Å². The van der Waals surface area contributed by atoms with Crippen molar-refractivity contribution in [2.45, 2.75) is 0 Å². The summed E-state index contributed by atoms with van der Waals surface area (Å²) in [6.07, 6.45) is 0. The molecule has 0 radical (unpaired) electrons. The normalized spacial score (nSPS) is 13.7. The summed E-state index contributed by atoms with van der Waals surface area (Å²) in [6.45, 7) is 23.0. The molecule has 11 nitrogen and oxygen atoms in total. The van der Waals surface area contributed by atoms with Crippen LogP contribution in [0, 0.1) is 24.5 Å². The number of nitriles is 1. The van der Waals surface area contributed by atoms with Crippen LogP contribution >= 0.6 is 0 Å². The molecule has 0 atom stereocenters. The highest BCUT2D eigenvalue weighted by molar-refractivity contribution is 5.76. The van der Waals surface area contributed by atoms with Gasteiger partial charge in [0.25, 0.3) is 13.3 Å². The van der Waals surface area contributed by atoms with Crippen LogP contribution in [0.15, 0.2) is 0 Å². The fourth-order valence-corrected chi connectivity index (χ4v) is 3.20. The van der Waals surface area contributed by atoms with Gasteiger partial charge < -0.3 is 20.9 Å². The lowest BCUT2D eigenvalue weighted by Gasteiger charge is -2.25. The third-order valence-electron chi connectivity index (χ3n) is 4.87. The summed E-state index contributed by atoms with van der Waals surface area (Å²) in [6, 6.07) is 2.10. The van der Waals surface area contributed by atoms with Crippen molar-refractivity contribution in [3.05, 3.63) is 22.8 Å². The number of amides is 2. The minimum atomic E-state index is 0.0409. The average molecular weight is 419 g/mol. The van der Waals surface area contributed by atoms with Gasteiger partial charge in [-0.3, -0.25) is 14.6 Å². The van der Waals surface area contributed by atoms with Gasteiger partial charge in [-0.2, -0.15) is 5.26 Å². The second-order valence-electron chi connectivity index (χ2n) is 6.96. The highest BCUT2D eigenvalue weighted by Crippen LogP contribution is 2.09. The number of rotatable bonds is 17. The lowest BCUT2D eigenvalue weighted by Crippen LogP contribution is -2.43. The maximum absolute atomic E-state index is 12.7. The number of nitrogens with one attached hydrogen (secondary N) is 2. The van der Waals surface area contributed by atoms with E-state index in [1.54, 1.807) is 0 Å². The Labute approximate surface area is 180 Å². The Kier molecular flexibility index (Phi) is 13.9. The average Bonchev–Trinajstić information content (AvgIpc) is 3.10. The lowest BCUT2D eigenvalue weighted by molar-refractivity contribution is 0.177. The minimum Gasteiger partial charge on any atom is -0.329 e. The highest BCUT2D eigenvalue weighted by atomic mass is 16.2. The van der Waals surface area contributed by atoms with Gasteiger partial charge in [0.2, 0.25) is 0 Å². The zero-order valence-electron chi connectivity index (χ0n) is 17.7. The van der Waals surface area contributed by atoms with Crippen LogP contribution in [0.1, 0.15) is 0 Å². The van der Waals surface area contributed by atoms with Gasteiger partial charge >= 0.3 is 6.03 Å². The van der Waals surface area contributed by atoms with E-state index < -0.39 is 0 Å². The second-order valence-corrected chi connectivity index (χ2v) is 6.96. The number of hydrogen-bond acceptors (Lipinski definition) is 7. The Morgan fingerprint density at radius 2 is 1.63 bits per heavy atom. The molecule has 166 valence electrons. The minimum absolute atomic E-state index is 0.0409. The monoisotopic (exact) mass is 418 g/mol. The van der Waals surface area contributed by atoms with E-state index in [1.165, 1.54) is 0 Å². The molecular weight excluding hydrogens is 384 g/mol. The standard InChI is InChI=1S/C19H34N10O/c1-22-17-25-7-10-27(18-23-2)12-14-29-16-15-28(19(29)30)13-11-26(8-4-21)9-6-24-5-3-20/h24-25H,4-18,21H2. The summed E-state index contributed by atoms with van der Waals surface area (Å²) < 4.78 is 0. The van der Waals surface area contributed by atoms with Crippen LogP contribution in [0.5, 0.6) is 0 Å². The van der Waals surface area contributed by atoms with E-state index in [9.17, 15) is 4.79 Å². The first-order valence-corrected chi connectivity index (χ1v) is 10.3. The van der Waals surface area contributed by atoms with Gasteiger partial charge in [-0.1, -0.05) is 0 Å². The molecule has 1 aliphatic rings. The predicted molar refractivity (Wildman–Crippen MR) is 115 cm³/mol. The van der Waals surface area contributed by atoms with Crippen LogP contribution in [-0.2, 0) is 0 Å². The molecule has 0 unspecified atom stereocenters. The Morgan fingerprint density at radius 3 is 2.23 bits per heavy atom. The van der Waals surface area contributed by atoms with E-state index in [0.29, 0.717) is 65.6 Å². The molecule has 11 heteroatoms. The van der Waals surface area contributed by atoms with E-state index in [4.69, 9.17) is 24.1 Å². The number of carbonyl (C=O) groups is 1. The van der Waals surface area contributed by atoms with Crippen molar-refractivity contribution in [3.63, 3.8) is 0 Å². The summed E-state index contributed by atoms with van der Waals surface area (Å²) in [5.74, 6) is 0. The van der Waals surface area contributed by atoms with E-state index in [0.717, 1.165) is 26.2 Å². The summed E-state index contributed by atoms with van der Waals surface area (Å²) in [7, 11) is 0. The van der Waals surface area contributed by atoms with Crippen molar-refractivity contribution in [1.29, 1.82) is 5.26 Å². The number of nitrogens with two attached hydrogens (primary N) is 1. The molecular formula is C19H34N10O. The summed E-state index contributed by atoms with van der Waals surface area (Å²) >= 11 is 0. The molecule has 0 aromatic carbocycles. The van der Waals surface area contributed by atoms with Crippen molar-refractivity contribution in [2.24, 2.45) is 5.73 Å². The van der Waals surface area contributed by atoms with Gasteiger partial charge in [0.05, 0.1) is 12.6 Å². The largest absolute Gasteiger partial charge is 0.329 e. The van der Waals surface area contributed by atoms with E-state index in [1.807, 2.05) is 14.7 Å². The van der Waals surface area contributed by atoms with Crippen LogP contribution in [0.2, 0.25) is 0 Å². The van der Waals surface area contributed by atoms with Crippen LogP contribution in [0.4, 0.5) is 4.79 Å². The molecule has 1 rings (SSSR count). The second kappa shape index (κ2) is 16.3. The maximum atomic E-state index is 12.7. The first kappa shape index (κ1) is 25.6. The van der Waals surface area contributed by atoms with E-state index in [-0.39, 0.29) is 12.7 Å². The molecule has 1 fully saturated rings. The first-order valence-electron chi connectivity index (χ1n) is 10.3. The Bertz CT molecular complexity index is 608. The molecule has 0 bridgehead atoms. The molecule has 1 heterocycles. The third kappa shape index (κ3) is 10.4. The van der Waals surface area contributed by atoms with Crippen LogP contribution in [0.3, 0.4) is 0 Å². The van der Waals surface area contributed by atoms with Crippen molar-refractivity contribution >= 4 is 6.03 Å². The lowest BCUT2D eigenvalue weighted by atomic mass is 10.4. The first-order chi connectivity index (χ1) is 14.7. The summed E-state index contributed by atoms with van der Waals surface area (Å²) in [5, 5.41) is 14.6. The number of urea groups is 1. The van der Waals surface area contributed by atoms with Crippen molar-refractivity contribution in [3.8, 4) is 6.07 Å². The topological polar surface area (TPSA) is 113 Å². The van der Waals surface area contributed by atoms with Gasteiger partial charge in [-0.15, -0.1) is 0 Å². The predicted octanol–water partition coefficient (Wildman–Crippen LogP) is -1.26. The molecule has 4 N–H and O–H groups in total. The molecule has 0 saturated carbocycles. The quantitative estimate of drug-likeness (QED) is 0.154. The SMILES string of the molecule is [C-]#[N+]CNCCN(CCN1CCN(CCN(CCN)CCNCC#N)C1=O)C[N+]#[C-]. The molecule has 1 aliphatic heterocycles. The van der Waals surface area contributed by atoms with Crippen LogP contribution < -0.4 is 16.4 Å². The smallest absolute Gasteiger partial charge is 0.320 e. The molecule has 0 aliphatic carbocycles.